The van der Waals surface area contributed by atoms with Crippen molar-refractivity contribution in [3.63, 3.8) is 0 Å². The van der Waals surface area contributed by atoms with E-state index in [0.29, 0.717) is 12.6 Å². The number of nitrogens with one attached hydrogen (secondary N) is 1. The summed E-state index contributed by atoms with van der Waals surface area (Å²) in [6.07, 6.45) is 3.76. The molecule has 0 atom stereocenters. The van der Waals surface area contributed by atoms with E-state index >= 15 is 0 Å². The van der Waals surface area contributed by atoms with Crippen molar-refractivity contribution in [2.24, 2.45) is 0 Å². The van der Waals surface area contributed by atoms with Gasteiger partial charge in [-0.1, -0.05) is 25.4 Å². The Morgan fingerprint density at radius 3 is 2.86 bits per heavy atom. The molecular formula is C16H22ClN3O. The van der Waals surface area contributed by atoms with Crippen molar-refractivity contribution in [1.82, 2.24) is 14.9 Å². The van der Waals surface area contributed by atoms with E-state index in [1.807, 2.05) is 31.3 Å². The normalized spacial score (nSPS) is 11.1. The smallest absolute Gasteiger partial charge is 0.123 e. The fourth-order valence-electron chi connectivity index (χ4n) is 2.04. The highest BCUT2D eigenvalue weighted by molar-refractivity contribution is 6.30. The largest absolute Gasteiger partial charge is 0.491 e. The van der Waals surface area contributed by atoms with Gasteiger partial charge in [0.15, 0.2) is 0 Å². The lowest BCUT2D eigenvalue weighted by molar-refractivity contribution is 0.293. The van der Waals surface area contributed by atoms with Gasteiger partial charge in [-0.15, -0.1) is 0 Å². The molecule has 1 N–H and O–H groups in total. The van der Waals surface area contributed by atoms with Crippen molar-refractivity contribution < 1.29 is 4.74 Å². The van der Waals surface area contributed by atoms with E-state index in [9.17, 15) is 0 Å². The molecule has 0 saturated heterocycles. The summed E-state index contributed by atoms with van der Waals surface area (Å²) in [5.41, 5.74) is 1.08. The monoisotopic (exact) mass is 307 g/mol. The molecule has 0 aliphatic carbocycles. The first-order valence-corrected chi connectivity index (χ1v) is 7.56. The highest BCUT2D eigenvalue weighted by Gasteiger charge is 2.06. The predicted octanol–water partition coefficient (Wildman–Crippen LogP) is 3.42. The molecular weight excluding hydrogens is 286 g/mol. The Bertz CT molecular complexity index is 581. The van der Waals surface area contributed by atoms with Crippen LogP contribution in [0.1, 0.15) is 25.2 Å². The fraction of sp³-hybridized carbons (Fsp3) is 0.438. The summed E-state index contributed by atoms with van der Waals surface area (Å²) in [5.74, 6) is 1.88. The van der Waals surface area contributed by atoms with Crippen molar-refractivity contribution in [3.05, 3.63) is 47.0 Å². The predicted molar refractivity (Wildman–Crippen MR) is 85.9 cm³/mol. The number of benzene rings is 1. The fourth-order valence-corrected chi connectivity index (χ4v) is 2.23. The quantitative estimate of drug-likeness (QED) is 0.852. The maximum Gasteiger partial charge on any atom is 0.123 e. The molecule has 114 valence electrons. The molecule has 0 aliphatic rings. The van der Waals surface area contributed by atoms with E-state index in [1.165, 1.54) is 0 Å². The second-order valence-corrected chi connectivity index (χ2v) is 5.74. The molecule has 1 heterocycles. The van der Waals surface area contributed by atoms with Crippen LogP contribution in [0.2, 0.25) is 5.02 Å². The molecule has 0 saturated carbocycles. The van der Waals surface area contributed by atoms with Gasteiger partial charge in [0.25, 0.3) is 0 Å². The third-order valence-electron chi connectivity index (χ3n) is 3.24. The molecule has 0 fully saturated rings. The first-order valence-electron chi connectivity index (χ1n) is 7.18. The van der Waals surface area contributed by atoms with Crippen molar-refractivity contribution >= 4 is 11.6 Å². The second kappa shape index (κ2) is 7.48. The lowest BCUT2D eigenvalue weighted by atomic mass is 10.2. The number of hydrogen-bond donors (Lipinski definition) is 1. The van der Waals surface area contributed by atoms with Gasteiger partial charge in [0, 0.05) is 35.6 Å². The summed E-state index contributed by atoms with van der Waals surface area (Å²) in [7, 11) is 0. The van der Waals surface area contributed by atoms with E-state index < -0.39 is 0 Å². The number of halogens is 1. The van der Waals surface area contributed by atoms with Gasteiger partial charge in [0.05, 0.1) is 6.54 Å². The summed E-state index contributed by atoms with van der Waals surface area (Å²) < 4.78 is 7.98. The third kappa shape index (κ3) is 4.76. The zero-order valence-electron chi connectivity index (χ0n) is 12.8. The van der Waals surface area contributed by atoms with E-state index in [4.69, 9.17) is 16.3 Å². The van der Waals surface area contributed by atoms with Crippen molar-refractivity contribution in [2.45, 2.75) is 39.9 Å². The molecule has 0 unspecified atom stereocenters. The number of aromatic nitrogens is 2. The average Bonchev–Trinajstić information content (AvgIpc) is 2.84. The standard InChI is InChI=1S/C16H22ClN3O/c1-12(2)19-11-14-10-15(17)4-5-16(14)21-9-8-20-7-6-18-13(20)3/h4-7,10,12,19H,8-9,11H2,1-3H3. The van der Waals surface area contributed by atoms with Gasteiger partial charge in [-0.2, -0.15) is 0 Å². The minimum absolute atomic E-state index is 0.422. The summed E-state index contributed by atoms with van der Waals surface area (Å²) in [5, 5.41) is 4.12. The Labute approximate surface area is 131 Å². The van der Waals surface area contributed by atoms with Gasteiger partial charge in [-0.3, -0.25) is 0 Å². The molecule has 4 nitrogen and oxygen atoms in total. The molecule has 0 radical (unpaired) electrons. The molecule has 5 heteroatoms. The molecule has 0 aliphatic heterocycles. The van der Waals surface area contributed by atoms with Crippen LogP contribution < -0.4 is 10.1 Å². The van der Waals surface area contributed by atoms with Crippen LogP contribution in [0.25, 0.3) is 0 Å². The molecule has 0 spiro atoms. The minimum atomic E-state index is 0.422. The number of nitrogens with zero attached hydrogens (tertiary/aromatic N) is 2. The van der Waals surface area contributed by atoms with Crippen LogP contribution in [0.5, 0.6) is 5.75 Å². The van der Waals surface area contributed by atoms with Gasteiger partial charge in [-0.25, -0.2) is 4.98 Å². The van der Waals surface area contributed by atoms with E-state index in [2.05, 4.69) is 28.7 Å². The first-order chi connectivity index (χ1) is 10.1. The topological polar surface area (TPSA) is 39.1 Å². The van der Waals surface area contributed by atoms with E-state index in [0.717, 1.165) is 35.2 Å². The SMILES string of the molecule is Cc1nccn1CCOc1ccc(Cl)cc1CNC(C)C. The molecule has 0 amide bonds. The Balaban J connectivity index is 1.96. The van der Waals surface area contributed by atoms with Gasteiger partial charge < -0.3 is 14.6 Å². The maximum absolute atomic E-state index is 6.07. The van der Waals surface area contributed by atoms with Crippen molar-refractivity contribution in [3.8, 4) is 5.75 Å². The van der Waals surface area contributed by atoms with Crippen LogP contribution >= 0.6 is 11.6 Å². The molecule has 2 aromatic rings. The lowest BCUT2D eigenvalue weighted by Crippen LogP contribution is -2.22. The van der Waals surface area contributed by atoms with Crippen molar-refractivity contribution in [2.75, 3.05) is 6.61 Å². The molecule has 0 bridgehead atoms. The summed E-state index contributed by atoms with van der Waals surface area (Å²) in [4.78, 5) is 4.20. The Morgan fingerprint density at radius 2 is 2.19 bits per heavy atom. The summed E-state index contributed by atoms with van der Waals surface area (Å²) >= 11 is 6.07. The van der Waals surface area contributed by atoms with Gasteiger partial charge in [0.1, 0.15) is 18.2 Å². The Kier molecular flexibility index (Phi) is 5.65. The van der Waals surface area contributed by atoms with Crippen molar-refractivity contribution in [1.29, 1.82) is 0 Å². The lowest BCUT2D eigenvalue weighted by Gasteiger charge is -2.14. The Hall–Kier alpha value is -1.52. The van der Waals surface area contributed by atoms with Crippen LogP contribution in [-0.2, 0) is 13.1 Å². The van der Waals surface area contributed by atoms with Gasteiger partial charge in [-0.05, 0) is 25.1 Å². The molecule has 2 rings (SSSR count). The zero-order chi connectivity index (χ0) is 15.2. The van der Waals surface area contributed by atoms with Crippen LogP contribution in [-0.4, -0.2) is 22.2 Å². The highest BCUT2D eigenvalue weighted by Crippen LogP contribution is 2.23. The second-order valence-electron chi connectivity index (χ2n) is 5.30. The number of ether oxygens (including phenoxy) is 1. The zero-order valence-corrected chi connectivity index (χ0v) is 13.5. The minimum Gasteiger partial charge on any atom is -0.491 e. The van der Waals surface area contributed by atoms with E-state index in [1.54, 1.807) is 6.20 Å². The number of rotatable bonds is 7. The van der Waals surface area contributed by atoms with Crippen LogP contribution in [0.4, 0.5) is 0 Å². The third-order valence-corrected chi connectivity index (χ3v) is 3.47. The number of imidazole rings is 1. The maximum atomic E-state index is 6.07. The van der Waals surface area contributed by atoms with E-state index in [-0.39, 0.29) is 0 Å². The van der Waals surface area contributed by atoms with Crippen LogP contribution in [0, 0.1) is 6.92 Å². The van der Waals surface area contributed by atoms with Gasteiger partial charge in [0.2, 0.25) is 0 Å². The first kappa shape index (κ1) is 15.9. The molecule has 1 aromatic heterocycles. The average molecular weight is 308 g/mol. The van der Waals surface area contributed by atoms with Gasteiger partial charge >= 0.3 is 0 Å². The van der Waals surface area contributed by atoms with Crippen LogP contribution in [0.15, 0.2) is 30.6 Å². The van der Waals surface area contributed by atoms with Crippen LogP contribution in [0.3, 0.4) is 0 Å². The number of aryl methyl sites for hydroxylation is 1. The number of hydrogen-bond acceptors (Lipinski definition) is 3. The Morgan fingerprint density at radius 1 is 1.38 bits per heavy atom. The highest BCUT2D eigenvalue weighted by atomic mass is 35.5. The molecule has 1 aromatic carbocycles. The molecule has 21 heavy (non-hydrogen) atoms. The summed E-state index contributed by atoms with van der Waals surface area (Å²) in [6.45, 7) is 8.36. The summed E-state index contributed by atoms with van der Waals surface area (Å²) in [6, 6.07) is 6.17.